The molecule has 1 aromatic carbocycles. The number of hydrogen-bond acceptors (Lipinski definition) is 3. The lowest BCUT2D eigenvalue weighted by molar-refractivity contribution is 0.0804. The Morgan fingerprint density at radius 1 is 1.53 bits per heavy atom. The van der Waals surface area contributed by atoms with E-state index in [0.29, 0.717) is 22.7 Å². The highest BCUT2D eigenvalue weighted by Crippen LogP contribution is 2.18. The average molecular weight is 298 g/mol. The normalized spacial score (nSPS) is 9.68. The van der Waals surface area contributed by atoms with E-state index in [1.807, 2.05) is 6.26 Å². The Morgan fingerprint density at radius 2 is 2.26 bits per heavy atom. The van der Waals surface area contributed by atoms with Crippen molar-refractivity contribution < 1.29 is 9.90 Å². The van der Waals surface area contributed by atoms with Crippen molar-refractivity contribution in [1.82, 2.24) is 4.90 Å². The Balaban J connectivity index is 2.85. The van der Waals surface area contributed by atoms with E-state index in [1.54, 1.807) is 41.9 Å². The van der Waals surface area contributed by atoms with Crippen molar-refractivity contribution in [2.24, 2.45) is 0 Å². The molecule has 0 unspecified atom stereocenters. The quantitative estimate of drug-likeness (QED) is 0.866. The third-order valence-corrected chi connectivity index (χ3v) is 3.40. The molecule has 1 aromatic rings. The maximum absolute atomic E-state index is 12.1. The van der Waals surface area contributed by atoms with Gasteiger partial charge in [-0.05, 0) is 24.5 Å². The molecule has 0 aromatic heterocycles. The van der Waals surface area contributed by atoms with Crippen molar-refractivity contribution >= 4 is 29.3 Å². The Hall–Kier alpha value is -1.15. The van der Waals surface area contributed by atoms with Gasteiger partial charge in [-0.3, -0.25) is 4.79 Å². The van der Waals surface area contributed by atoms with Crippen LogP contribution in [0.1, 0.15) is 15.9 Å². The lowest BCUT2D eigenvalue weighted by atomic mass is 10.1. The molecule has 0 aliphatic heterocycles. The van der Waals surface area contributed by atoms with E-state index in [0.717, 1.165) is 5.75 Å². The first-order valence-electron chi connectivity index (χ1n) is 5.73. The second-order valence-corrected chi connectivity index (χ2v) is 5.27. The predicted molar refractivity (Wildman–Crippen MR) is 80.8 cm³/mol. The molecular weight excluding hydrogens is 282 g/mol. The zero-order chi connectivity index (χ0) is 14.3. The second kappa shape index (κ2) is 8.11. The van der Waals surface area contributed by atoms with Gasteiger partial charge in [-0.1, -0.05) is 23.4 Å². The number of benzene rings is 1. The molecule has 5 heteroatoms. The number of thioether (sulfide) groups is 1. The monoisotopic (exact) mass is 297 g/mol. The first-order chi connectivity index (χ1) is 9.10. The van der Waals surface area contributed by atoms with E-state index in [1.165, 1.54) is 0 Å². The molecular formula is C14H16ClNO2S. The zero-order valence-electron chi connectivity index (χ0n) is 10.9. The molecule has 0 fully saturated rings. The fourth-order valence-electron chi connectivity index (χ4n) is 1.43. The number of halogens is 1. The summed E-state index contributed by atoms with van der Waals surface area (Å²) in [5.74, 6) is 6.10. The molecule has 1 N–H and O–H groups in total. The lowest BCUT2D eigenvalue weighted by Gasteiger charge is -2.16. The average Bonchev–Trinajstić information content (AvgIpc) is 2.42. The number of amides is 1. The smallest absolute Gasteiger partial charge is 0.253 e. The molecule has 0 radical (unpaired) electrons. The summed E-state index contributed by atoms with van der Waals surface area (Å²) in [5, 5.41) is 9.06. The van der Waals surface area contributed by atoms with Crippen molar-refractivity contribution in [2.45, 2.75) is 0 Å². The topological polar surface area (TPSA) is 40.5 Å². The fraction of sp³-hybridized carbons (Fsp3) is 0.357. The van der Waals surface area contributed by atoms with Crippen molar-refractivity contribution in [3.63, 3.8) is 0 Å². The predicted octanol–water partition coefficient (Wildman–Crippen LogP) is 2.12. The van der Waals surface area contributed by atoms with E-state index < -0.39 is 0 Å². The number of hydrogen-bond donors (Lipinski definition) is 1. The van der Waals surface area contributed by atoms with Gasteiger partial charge in [0.05, 0.1) is 5.02 Å². The van der Waals surface area contributed by atoms with Gasteiger partial charge in [-0.15, -0.1) is 0 Å². The summed E-state index contributed by atoms with van der Waals surface area (Å²) in [7, 11) is 1.77. The van der Waals surface area contributed by atoms with E-state index in [-0.39, 0.29) is 12.5 Å². The molecule has 1 amide bonds. The Morgan fingerprint density at radius 3 is 2.84 bits per heavy atom. The highest BCUT2D eigenvalue weighted by atomic mass is 35.5. The lowest BCUT2D eigenvalue weighted by Crippen LogP contribution is -2.28. The second-order valence-electron chi connectivity index (χ2n) is 3.87. The molecule has 19 heavy (non-hydrogen) atoms. The van der Waals surface area contributed by atoms with Crippen molar-refractivity contribution in [1.29, 1.82) is 0 Å². The van der Waals surface area contributed by atoms with Crippen LogP contribution in [0.2, 0.25) is 5.02 Å². The summed E-state index contributed by atoms with van der Waals surface area (Å²) in [4.78, 5) is 13.8. The van der Waals surface area contributed by atoms with Gasteiger partial charge in [0, 0.05) is 30.5 Å². The third-order valence-electron chi connectivity index (χ3n) is 2.50. The minimum absolute atomic E-state index is 0.0578. The highest BCUT2D eigenvalue weighted by molar-refractivity contribution is 7.98. The Bertz CT molecular complexity index is 508. The Kier molecular flexibility index (Phi) is 6.79. The van der Waals surface area contributed by atoms with Gasteiger partial charge in [0.2, 0.25) is 0 Å². The SMILES string of the molecule is CSCCN(C)C(=O)c1ccc(C#CCO)c(Cl)c1. The van der Waals surface area contributed by atoms with E-state index >= 15 is 0 Å². The van der Waals surface area contributed by atoms with Gasteiger partial charge >= 0.3 is 0 Å². The van der Waals surface area contributed by atoms with Gasteiger partial charge in [-0.2, -0.15) is 11.8 Å². The summed E-state index contributed by atoms with van der Waals surface area (Å²) < 4.78 is 0. The molecule has 1 rings (SSSR count). The van der Waals surface area contributed by atoms with Crippen LogP contribution in [0.3, 0.4) is 0 Å². The van der Waals surface area contributed by atoms with Crippen LogP contribution in [0.5, 0.6) is 0 Å². The van der Waals surface area contributed by atoms with Gasteiger partial charge in [-0.25, -0.2) is 0 Å². The van der Waals surface area contributed by atoms with Gasteiger partial charge in [0.25, 0.3) is 5.91 Å². The molecule has 0 bridgehead atoms. The van der Waals surface area contributed by atoms with Crippen molar-refractivity contribution in [3.05, 3.63) is 34.3 Å². The number of carbonyl (C=O) groups excluding carboxylic acids is 1. The van der Waals surface area contributed by atoms with E-state index in [9.17, 15) is 4.79 Å². The van der Waals surface area contributed by atoms with Crippen LogP contribution in [0.15, 0.2) is 18.2 Å². The van der Waals surface area contributed by atoms with Crippen LogP contribution < -0.4 is 0 Å². The van der Waals surface area contributed by atoms with Gasteiger partial charge in [0.1, 0.15) is 6.61 Å². The van der Waals surface area contributed by atoms with Crippen molar-refractivity contribution in [3.8, 4) is 11.8 Å². The van der Waals surface area contributed by atoms with Crippen LogP contribution >= 0.6 is 23.4 Å². The Labute approximate surface area is 122 Å². The van der Waals surface area contributed by atoms with E-state index in [4.69, 9.17) is 16.7 Å². The fourth-order valence-corrected chi connectivity index (χ4v) is 2.12. The first-order valence-corrected chi connectivity index (χ1v) is 7.51. The molecule has 0 aliphatic rings. The molecule has 3 nitrogen and oxygen atoms in total. The molecule has 0 saturated carbocycles. The number of carbonyl (C=O) groups is 1. The number of rotatable bonds is 4. The van der Waals surface area contributed by atoms with Gasteiger partial charge < -0.3 is 10.0 Å². The number of aliphatic hydroxyl groups is 1. The number of aliphatic hydroxyl groups excluding tert-OH is 1. The van der Waals surface area contributed by atoms with Crippen LogP contribution in [0.4, 0.5) is 0 Å². The number of nitrogens with zero attached hydrogens (tertiary/aromatic N) is 1. The van der Waals surface area contributed by atoms with E-state index in [2.05, 4.69) is 11.8 Å². The van der Waals surface area contributed by atoms with Crippen LogP contribution in [0.25, 0.3) is 0 Å². The standard InChI is InChI=1S/C14H16ClNO2S/c1-16(7-9-19-2)14(18)12-6-5-11(4-3-8-17)13(15)10-12/h5-6,10,17H,7-9H2,1-2H3. The molecule has 0 heterocycles. The summed E-state index contributed by atoms with van der Waals surface area (Å²) >= 11 is 7.75. The van der Waals surface area contributed by atoms with Crippen molar-refractivity contribution in [2.75, 3.05) is 32.2 Å². The van der Waals surface area contributed by atoms with Crippen LogP contribution in [-0.4, -0.2) is 48.1 Å². The molecule has 0 atom stereocenters. The molecule has 0 saturated heterocycles. The summed E-state index contributed by atoms with van der Waals surface area (Å²) in [5.41, 5.74) is 1.15. The maximum atomic E-state index is 12.1. The van der Waals surface area contributed by atoms with Crippen LogP contribution in [0, 0.1) is 11.8 Å². The summed E-state index contributed by atoms with van der Waals surface area (Å²) in [6.45, 7) is 0.484. The highest BCUT2D eigenvalue weighted by Gasteiger charge is 2.12. The third kappa shape index (κ3) is 4.79. The minimum Gasteiger partial charge on any atom is -0.384 e. The van der Waals surface area contributed by atoms with Crippen LogP contribution in [-0.2, 0) is 0 Å². The molecule has 0 aliphatic carbocycles. The van der Waals surface area contributed by atoms with Gasteiger partial charge in [0.15, 0.2) is 0 Å². The maximum Gasteiger partial charge on any atom is 0.253 e. The molecule has 102 valence electrons. The summed E-state index contributed by atoms with van der Waals surface area (Å²) in [6, 6.07) is 5.01. The largest absolute Gasteiger partial charge is 0.384 e. The molecule has 0 spiro atoms. The zero-order valence-corrected chi connectivity index (χ0v) is 12.5. The summed E-state index contributed by atoms with van der Waals surface area (Å²) in [6.07, 6.45) is 2.00. The minimum atomic E-state index is -0.214. The first kappa shape index (κ1) is 15.9.